The Labute approximate surface area is 133 Å². The number of hydrogen-bond donors (Lipinski definition) is 0. The first kappa shape index (κ1) is 17.3. The van der Waals surface area contributed by atoms with E-state index >= 15 is 0 Å². The molecule has 0 saturated carbocycles. The SMILES string of the molecule is CCC1C(C)CN(CN2CC(C)C(CC)C2CC)C1CC. The van der Waals surface area contributed by atoms with Crippen molar-refractivity contribution in [3.8, 4) is 0 Å². The van der Waals surface area contributed by atoms with Crippen LogP contribution in [-0.4, -0.2) is 41.6 Å². The molecule has 2 heterocycles. The molecule has 0 aromatic rings. The fourth-order valence-electron chi connectivity index (χ4n) is 5.61. The topological polar surface area (TPSA) is 6.48 Å². The lowest BCUT2D eigenvalue weighted by atomic mass is 9.88. The molecule has 0 amide bonds. The highest BCUT2D eigenvalue weighted by molar-refractivity contribution is 4.94. The van der Waals surface area contributed by atoms with E-state index in [1.165, 1.54) is 45.4 Å². The van der Waals surface area contributed by atoms with Gasteiger partial charge in [-0.1, -0.05) is 54.4 Å². The van der Waals surface area contributed by atoms with Gasteiger partial charge in [-0.05, 0) is 36.5 Å². The molecule has 0 N–H and O–H groups in total. The van der Waals surface area contributed by atoms with Crippen LogP contribution in [-0.2, 0) is 0 Å². The average Bonchev–Trinajstić information content (AvgIpc) is 2.94. The van der Waals surface area contributed by atoms with E-state index in [1.54, 1.807) is 0 Å². The van der Waals surface area contributed by atoms with Crippen molar-refractivity contribution in [2.24, 2.45) is 23.7 Å². The highest BCUT2D eigenvalue weighted by atomic mass is 15.4. The summed E-state index contributed by atoms with van der Waals surface area (Å²) in [5, 5.41) is 0. The summed E-state index contributed by atoms with van der Waals surface area (Å²) in [6, 6.07) is 1.64. The fourth-order valence-corrected chi connectivity index (χ4v) is 5.61. The second-order valence-electron chi connectivity index (χ2n) is 7.73. The minimum absolute atomic E-state index is 0.818. The van der Waals surface area contributed by atoms with Gasteiger partial charge in [0.1, 0.15) is 0 Å². The van der Waals surface area contributed by atoms with Gasteiger partial charge in [0.25, 0.3) is 0 Å². The maximum Gasteiger partial charge on any atom is 0.0512 e. The normalized spacial score (nSPS) is 42.0. The molecule has 6 unspecified atom stereocenters. The van der Waals surface area contributed by atoms with Crippen molar-refractivity contribution in [3.05, 3.63) is 0 Å². The third kappa shape index (κ3) is 3.32. The highest BCUT2D eigenvalue weighted by Gasteiger charge is 2.42. The molecule has 6 atom stereocenters. The first-order chi connectivity index (χ1) is 10.1. The number of hydrogen-bond acceptors (Lipinski definition) is 2. The number of rotatable bonds is 6. The van der Waals surface area contributed by atoms with Crippen LogP contribution in [0.1, 0.15) is 67.2 Å². The summed E-state index contributed by atoms with van der Waals surface area (Å²) in [6.07, 6.45) is 5.34. The minimum atomic E-state index is 0.818. The van der Waals surface area contributed by atoms with E-state index in [0.717, 1.165) is 35.8 Å². The van der Waals surface area contributed by atoms with E-state index in [9.17, 15) is 0 Å². The molecule has 2 rings (SSSR count). The second-order valence-corrected chi connectivity index (χ2v) is 7.73. The average molecular weight is 295 g/mol. The monoisotopic (exact) mass is 294 g/mol. The summed E-state index contributed by atoms with van der Waals surface area (Å²) in [4.78, 5) is 5.62. The van der Waals surface area contributed by atoms with Crippen molar-refractivity contribution in [2.45, 2.75) is 79.3 Å². The van der Waals surface area contributed by atoms with Crippen LogP contribution in [0.25, 0.3) is 0 Å². The molecular weight excluding hydrogens is 256 g/mol. The first-order valence-corrected chi connectivity index (χ1v) is 9.55. The van der Waals surface area contributed by atoms with Gasteiger partial charge >= 0.3 is 0 Å². The maximum absolute atomic E-state index is 2.81. The molecule has 2 saturated heterocycles. The van der Waals surface area contributed by atoms with Crippen LogP contribution in [0.4, 0.5) is 0 Å². The standard InChI is InChI=1S/C19H38N2/c1-7-16-14(5)11-20(18(16)9-3)13-21-12-15(6)17(8-2)19(21)10-4/h14-19H,7-13H2,1-6H3. The molecule has 0 aliphatic carbocycles. The van der Waals surface area contributed by atoms with E-state index in [-0.39, 0.29) is 0 Å². The molecule has 21 heavy (non-hydrogen) atoms. The molecule has 0 aromatic carbocycles. The predicted octanol–water partition coefficient (Wildman–Crippen LogP) is 4.46. The van der Waals surface area contributed by atoms with Gasteiger partial charge in [-0.3, -0.25) is 9.80 Å². The first-order valence-electron chi connectivity index (χ1n) is 9.55. The smallest absolute Gasteiger partial charge is 0.0512 e. The summed E-state index contributed by atoms with van der Waals surface area (Å²) in [5.41, 5.74) is 0. The third-order valence-corrected chi connectivity index (χ3v) is 6.58. The zero-order valence-corrected chi connectivity index (χ0v) is 15.3. The lowest BCUT2D eigenvalue weighted by molar-refractivity contribution is 0.0888. The van der Waals surface area contributed by atoms with Gasteiger partial charge in [0.15, 0.2) is 0 Å². The van der Waals surface area contributed by atoms with Gasteiger partial charge in [0, 0.05) is 25.2 Å². The highest BCUT2D eigenvalue weighted by Crippen LogP contribution is 2.37. The Kier molecular flexibility index (Phi) is 6.14. The second kappa shape index (κ2) is 7.46. The van der Waals surface area contributed by atoms with Crippen molar-refractivity contribution < 1.29 is 0 Å². The van der Waals surface area contributed by atoms with Crippen molar-refractivity contribution in [3.63, 3.8) is 0 Å². The zero-order chi connectivity index (χ0) is 15.6. The minimum Gasteiger partial charge on any atom is -0.287 e. The third-order valence-electron chi connectivity index (χ3n) is 6.58. The van der Waals surface area contributed by atoms with Gasteiger partial charge in [-0.25, -0.2) is 0 Å². The van der Waals surface area contributed by atoms with Crippen LogP contribution in [0.5, 0.6) is 0 Å². The van der Waals surface area contributed by atoms with Gasteiger partial charge in [0.2, 0.25) is 0 Å². The summed E-state index contributed by atoms with van der Waals surface area (Å²) >= 11 is 0. The molecule has 0 bridgehead atoms. The van der Waals surface area contributed by atoms with Crippen LogP contribution in [0.3, 0.4) is 0 Å². The van der Waals surface area contributed by atoms with Gasteiger partial charge in [-0.2, -0.15) is 0 Å². The van der Waals surface area contributed by atoms with Crippen LogP contribution in [0.15, 0.2) is 0 Å². The molecule has 2 fully saturated rings. The maximum atomic E-state index is 2.81. The quantitative estimate of drug-likeness (QED) is 0.714. The van der Waals surface area contributed by atoms with E-state index in [4.69, 9.17) is 0 Å². The Balaban J connectivity index is 2.04. The van der Waals surface area contributed by atoms with Gasteiger partial charge in [0.05, 0.1) is 6.67 Å². The van der Waals surface area contributed by atoms with Gasteiger partial charge in [-0.15, -0.1) is 0 Å². The predicted molar refractivity (Wildman–Crippen MR) is 92.3 cm³/mol. The lowest BCUT2D eigenvalue weighted by Crippen LogP contribution is -2.44. The molecule has 2 aliphatic rings. The molecular formula is C19H38N2. The summed E-state index contributed by atoms with van der Waals surface area (Å²) in [7, 11) is 0. The molecule has 2 nitrogen and oxygen atoms in total. The van der Waals surface area contributed by atoms with Crippen LogP contribution in [0.2, 0.25) is 0 Å². The lowest BCUT2D eigenvalue weighted by Gasteiger charge is -2.34. The molecule has 0 aromatic heterocycles. The van der Waals surface area contributed by atoms with Crippen LogP contribution < -0.4 is 0 Å². The van der Waals surface area contributed by atoms with Crippen molar-refractivity contribution in [2.75, 3.05) is 19.8 Å². The Morgan fingerprint density at radius 2 is 1.05 bits per heavy atom. The number of likely N-dealkylation sites (tertiary alicyclic amines) is 2. The molecule has 124 valence electrons. The van der Waals surface area contributed by atoms with Crippen molar-refractivity contribution in [1.29, 1.82) is 0 Å². The summed E-state index contributed by atoms with van der Waals surface area (Å²) in [5.74, 6) is 3.58. The Morgan fingerprint density at radius 1 is 0.667 bits per heavy atom. The van der Waals surface area contributed by atoms with E-state index in [1.807, 2.05) is 0 Å². The molecule has 2 aliphatic heterocycles. The molecule has 0 radical (unpaired) electrons. The van der Waals surface area contributed by atoms with Crippen LogP contribution in [0, 0.1) is 23.7 Å². The number of nitrogens with zero attached hydrogens (tertiary/aromatic N) is 2. The molecule has 2 heteroatoms. The fraction of sp³-hybridized carbons (Fsp3) is 1.00. The zero-order valence-electron chi connectivity index (χ0n) is 15.3. The van der Waals surface area contributed by atoms with E-state index < -0.39 is 0 Å². The van der Waals surface area contributed by atoms with Crippen molar-refractivity contribution >= 4 is 0 Å². The van der Waals surface area contributed by atoms with Gasteiger partial charge < -0.3 is 0 Å². The van der Waals surface area contributed by atoms with E-state index in [0.29, 0.717) is 0 Å². The van der Waals surface area contributed by atoms with E-state index in [2.05, 4.69) is 51.3 Å². The van der Waals surface area contributed by atoms with Crippen LogP contribution >= 0.6 is 0 Å². The Bertz CT molecular complexity index is 287. The summed E-state index contributed by atoms with van der Waals surface area (Å²) in [6.45, 7) is 18.3. The van der Waals surface area contributed by atoms with Crippen molar-refractivity contribution in [1.82, 2.24) is 9.80 Å². The summed E-state index contributed by atoms with van der Waals surface area (Å²) < 4.78 is 0. The Morgan fingerprint density at radius 3 is 1.33 bits per heavy atom. The Hall–Kier alpha value is -0.0800. The molecule has 0 spiro atoms. The largest absolute Gasteiger partial charge is 0.287 e.